The number of benzene rings is 2. The molecule has 0 saturated heterocycles. The Balaban J connectivity index is 1.52. The van der Waals surface area contributed by atoms with Crippen LogP contribution in [0.25, 0.3) is 11.4 Å². The summed E-state index contributed by atoms with van der Waals surface area (Å²) < 4.78 is 24.0. The fourth-order valence-electron chi connectivity index (χ4n) is 3.35. The zero-order valence-corrected chi connectivity index (χ0v) is 16.2. The second-order valence-corrected chi connectivity index (χ2v) is 6.72. The highest BCUT2D eigenvalue weighted by Gasteiger charge is 2.24. The van der Waals surface area contributed by atoms with Crippen molar-refractivity contribution in [3.63, 3.8) is 0 Å². The van der Waals surface area contributed by atoms with Gasteiger partial charge in [-0.15, -0.1) is 0 Å². The summed E-state index contributed by atoms with van der Waals surface area (Å²) >= 11 is 0. The number of hydrogen-bond donors (Lipinski definition) is 0. The summed E-state index contributed by atoms with van der Waals surface area (Å²) in [7, 11) is 3.01. The molecule has 4 rings (SSSR count). The molecule has 0 atom stereocenters. The molecule has 0 spiro atoms. The zero-order valence-electron chi connectivity index (χ0n) is 16.2. The van der Waals surface area contributed by atoms with Crippen molar-refractivity contribution in [2.75, 3.05) is 20.8 Å². The highest BCUT2D eigenvalue weighted by Crippen LogP contribution is 2.25. The van der Waals surface area contributed by atoms with Gasteiger partial charge in [-0.3, -0.25) is 4.79 Å². The third-order valence-corrected chi connectivity index (χ3v) is 4.97. The van der Waals surface area contributed by atoms with E-state index in [9.17, 15) is 9.18 Å². The minimum Gasteiger partial charge on any atom is -0.497 e. The lowest BCUT2D eigenvalue weighted by molar-refractivity contribution is 0.0732. The van der Waals surface area contributed by atoms with Crippen LogP contribution in [0.4, 0.5) is 4.39 Å². The molecule has 0 radical (unpaired) electrons. The van der Waals surface area contributed by atoms with Crippen molar-refractivity contribution in [3.05, 3.63) is 71.3 Å². The Morgan fingerprint density at radius 1 is 1.10 bits per heavy atom. The van der Waals surface area contributed by atoms with Gasteiger partial charge in [0.25, 0.3) is 5.91 Å². The molecule has 148 valence electrons. The normalized spacial score (nSPS) is 13.0. The molecule has 1 amide bonds. The van der Waals surface area contributed by atoms with Crippen LogP contribution in [-0.4, -0.2) is 41.5 Å². The van der Waals surface area contributed by atoms with Gasteiger partial charge < -0.3 is 14.4 Å². The Morgan fingerprint density at radius 2 is 1.90 bits per heavy atom. The van der Waals surface area contributed by atoms with E-state index in [1.165, 1.54) is 19.2 Å². The summed E-state index contributed by atoms with van der Waals surface area (Å²) in [6.07, 6.45) is 2.38. The minimum absolute atomic E-state index is 0.116. The van der Waals surface area contributed by atoms with Gasteiger partial charge in [-0.05, 0) is 42.5 Å². The molecule has 2 heterocycles. The number of fused-ring (bicyclic) bond motifs is 1. The lowest BCUT2D eigenvalue weighted by Crippen LogP contribution is -2.36. The summed E-state index contributed by atoms with van der Waals surface area (Å²) in [5.74, 6) is 0.754. The quantitative estimate of drug-likeness (QED) is 0.679. The second-order valence-electron chi connectivity index (χ2n) is 6.72. The van der Waals surface area contributed by atoms with E-state index >= 15 is 0 Å². The van der Waals surface area contributed by atoms with Crippen LogP contribution < -0.4 is 9.47 Å². The average molecular weight is 393 g/mol. The molecule has 0 N–H and O–H groups in total. The number of methoxy groups -OCH3 is 2. The monoisotopic (exact) mass is 393 g/mol. The van der Waals surface area contributed by atoms with Crippen LogP contribution >= 0.6 is 0 Å². The van der Waals surface area contributed by atoms with Crippen molar-refractivity contribution in [1.82, 2.24) is 14.9 Å². The summed E-state index contributed by atoms with van der Waals surface area (Å²) in [5, 5.41) is 0. The molecule has 0 fully saturated rings. The zero-order chi connectivity index (χ0) is 20.4. The predicted molar refractivity (Wildman–Crippen MR) is 105 cm³/mol. The van der Waals surface area contributed by atoms with Crippen LogP contribution in [-0.2, 0) is 13.0 Å². The Kier molecular flexibility index (Phi) is 5.12. The van der Waals surface area contributed by atoms with E-state index < -0.39 is 5.82 Å². The molecule has 0 saturated carbocycles. The lowest BCUT2D eigenvalue weighted by Gasteiger charge is -2.28. The number of halogens is 1. The first-order valence-electron chi connectivity index (χ1n) is 9.21. The number of carbonyl (C=O) groups excluding carboxylic acids is 1. The first-order valence-corrected chi connectivity index (χ1v) is 9.21. The first-order chi connectivity index (χ1) is 14.1. The van der Waals surface area contributed by atoms with Crippen molar-refractivity contribution in [1.29, 1.82) is 0 Å². The highest BCUT2D eigenvalue weighted by atomic mass is 19.1. The Hall–Kier alpha value is -3.48. The number of rotatable bonds is 4. The van der Waals surface area contributed by atoms with Crippen molar-refractivity contribution in [2.24, 2.45) is 0 Å². The Morgan fingerprint density at radius 3 is 2.59 bits per heavy atom. The van der Waals surface area contributed by atoms with Gasteiger partial charge >= 0.3 is 0 Å². The number of nitrogens with zero attached hydrogens (tertiary/aromatic N) is 3. The van der Waals surface area contributed by atoms with Crippen LogP contribution in [0.2, 0.25) is 0 Å². The van der Waals surface area contributed by atoms with E-state index in [0.717, 1.165) is 22.6 Å². The van der Waals surface area contributed by atoms with E-state index in [-0.39, 0.29) is 11.7 Å². The van der Waals surface area contributed by atoms with Gasteiger partial charge in [0, 0.05) is 42.4 Å². The van der Waals surface area contributed by atoms with Crippen LogP contribution in [0.3, 0.4) is 0 Å². The average Bonchev–Trinajstić information content (AvgIpc) is 2.78. The predicted octanol–water partition coefficient (Wildman–Crippen LogP) is 3.50. The van der Waals surface area contributed by atoms with E-state index in [1.54, 1.807) is 24.3 Å². The summed E-state index contributed by atoms with van der Waals surface area (Å²) in [4.78, 5) is 23.6. The summed E-state index contributed by atoms with van der Waals surface area (Å²) in [6.45, 7) is 0.906. The largest absolute Gasteiger partial charge is 0.497 e. The van der Waals surface area contributed by atoms with E-state index in [0.29, 0.717) is 30.9 Å². The molecule has 2 aromatic carbocycles. The van der Waals surface area contributed by atoms with Gasteiger partial charge in [0.05, 0.1) is 19.9 Å². The number of carbonyl (C=O) groups is 1. The van der Waals surface area contributed by atoms with E-state index in [4.69, 9.17) is 9.47 Å². The molecule has 7 heteroatoms. The molecule has 3 aromatic rings. The standard InChI is InChI=1S/C22H20FN3O3/c1-28-17-6-3-14(4-7-17)21-24-12-16-13-26(10-9-19(16)25-21)22(27)15-5-8-20(29-2)18(23)11-15/h3-8,11-12H,9-10,13H2,1-2H3. The molecule has 1 aliphatic rings. The maximum Gasteiger partial charge on any atom is 0.254 e. The molecule has 1 aliphatic heterocycles. The van der Waals surface area contributed by atoms with Gasteiger partial charge in [-0.2, -0.15) is 0 Å². The highest BCUT2D eigenvalue weighted by molar-refractivity contribution is 5.94. The van der Waals surface area contributed by atoms with Gasteiger partial charge in [0.1, 0.15) is 5.75 Å². The van der Waals surface area contributed by atoms with Crippen LogP contribution in [0.15, 0.2) is 48.7 Å². The lowest BCUT2D eigenvalue weighted by atomic mass is 10.1. The smallest absolute Gasteiger partial charge is 0.254 e. The van der Waals surface area contributed by atoms with E-state index in [2.05, 4.69) is 9.97 Å². The molecule has 0 unspecified atom stereocenters. The first kappa shape index (κ1) is 18.9. The molecule has 6 nitrogen and oxygen atoms in total. The second kappa shape index (κ2) is 7.87. The number of aromatic nitrogens is 2. The Bertz CT molecular complexity index is 1050. The SMILES string of the molecule is COc1ccc(-c2ncc3c(n2)CCN(C(=O)c2ccc(OC)c(F)c2)C3)cc1. The molecule has 0 aliphatic carbocycles. The van der Waals surface area contributed by atoms with Crippen LogP contribution in [0.5, 0.6) is 11.5 Å². The van der Waals surface area contributed by atoms with Crippen molar-refractivity contribution in [3.8, 4) is 22.9 Å². The fraction of sp³-hybridized carbons (Fsp3) is 0.227. The van der Waals surface area contributed by atoms with Crippen molar-refractivity contribution in [2.45, 2.75) is 13.0 Å². The maximum absolute atomic E-state index is 13.9. The van der Waals surface area contributed by atoms with Gasteiger partial charge in [-0.25, -0.2) is 14.4 Å². The topological polar surface area (TPSA) is 64.6 Å². The molecule has 1 aromatic heterocycles. The van der Waals surface area contributed by atoms with Crippen molar-refractivity contribution >= 4 is 5.91 Å². The Labute approximate surface area is 167 Å². The van der Waals surface area contributed by atoms with E-state index in [1.807, 2.05) is 24.3 Å². The number of ether oxygens (including phenoxy) is 2. The number of amides is 1. The molecular weight excluding hydrogens is 373 g/mol. The molecular formula is C22H20FN3O3. The maximum atomic E-state index is 13.9. The van der Waals surface area contributed by atoms with Crippen LogP contribution in [0, 0.1) is 5.82 Å². The molecule has 0 bridgehead atoms. The van der Waals surface area contributed by atoms with Crippen molar-refractivity contribution < 1.29 is 18.7 Å². The third-order valence-electron chi connectivity index (χ3n) is 4.97. The number of hydrogen-bond acceptors (Lipinski definition) is 5. The third kappa shape index (κ3) is 3.76. The minimum atomic E-state index is -0.553. The summed E-state index contributed by atoms with van der Waals surface area (Å²) in [5.41, 5.74) is 3.02. The summed E-state index contributed by atoms with van der Waals surface area (Å²) in [6, 6.07) is 11.8. The van der Waals surface area contributed by atoms with Crippen LogP contribution in [0.1, 0.15) is 21.6 Å². The van der Waals surface area contributed by atoms with Gasteiger partial charge in [0.2, 0.25) is 0 Å². The van der Waals surface area contributed by atoms with Gasteiger partial charge in [0.15, 0.2) is 17.4 Å². The fourth-order valence-corrected chi connectivity index (χ4v) is 3.35. The van der Waals surface area contributed by atoms with Gasteiger partial charge in [-0.1, -0.05) is 0 Å². The molecule has 29 heavy (non-hydrogen) atoms.